The average Bonchev–Trinajstić information content (AvgIpc) is 3.41. The lowest BCUT2D eigenvalue weighted by atomic mass is 10.2. The maximum atomic E-state index is 13.2. The summed E-state index contributed by atoms with van der Waals surface area (Å²) in [5, 5.41) is 13.0. The Morgan fingerprint density at radius 1 is 0.939 bits per heavy atom. The highest BCUT2D eigenvalue weighted by atomic mass is 16.5. The SMILES string of the molecule is Cc1nn(-c2ccccc2)nc1C(=O)N1CCCN(Cc2noc(-c3ccccc3)n2)CC1. The van der Waals surface area contributed by atoms with Crippen LogP contribution >= 0.6 is 0 Å². The van der Waals surface area contributed by atoms with Gasteiger partial charge in [0, 0.05) is 31.7 Å². The van der Waals surface area contributed by atoms with Crippen molar-refractivity contribution in [1.29, 1.82) is 0 Å². The highest BCUT2D eigenvalue weighted by molar-refractivity contribution is 5.93. The molecule has 1 saturated heterocycles. The van der Waals surface area contributed by atoms with Gasteiger partial charge in [0.1, 0.15) is 0 Å². The molecule has 9 nitrogen and oxygen atoms in total. The van der Waals surface area contributed by atoms with Gasteiger partial charge >= 0.3 is 0 Å². The van der Waals surface area contributed by atoms with Gasteiger partial charge < -0.3 is 9.42 Å². The zero-order valence-corrected chi connectivity index (χ0v) is 18.5. The fraction of sp³-hybridized carbons (Fsp3) is 0.292. The first-order valence-electron chi connectivity index (χ1n) is 11.1. The second kappa shape index (κ2) is 9.33. The van der Waals surface area contributed by atoms with Crippen molar-refractivity contribution in [1.82, 2.24) is 34.9 Å². The summed E-state index contributed by atoms with van der Waals surface area (Å²) in [6, 6.07) is 19.3. The maximum Gasteiger partial charge on any atom is 0.276 e. The Balaban J connectivity index is 1.22. The first-order valence-corrected chi connectivity index (χ1v) is 11.1. The van der Waals surface area contributed by atoms with Gasteiger partial charge in [-0.15, -0.1) is 5.10 Å². The molecule has 0 spiro atoms. The zero-order chi connectivity index (χ0) is 22.6. The minimum atomic E-state index is -0.0811. The van der Waals surface area contributed by atoms with Crippen molar-refractivity contribution < 1.29 is 9.32 Å². The van der Waals surface area contributed by atoms with Crippen LogP contribution in [0.4, 0.5) is 0 Å². The van der Waals surface area contributed by atoms with Gasteiger partial charge in [0.25, 0.3) is 11.8 Å². The number of aryl methyl sites for hydroxylation is 1. The van der Waals surface area contributed by atoms with E-state index in [0.717, 1.165) is 30.8 Å². The van der Waals surface area contributed by atoms with Gasteiger partial charge in [-0.1, -0.05) is 41.6 Å². The summed E-state index contributed by atoms with van der Waals surface area (Å²) in [6.07, 6.45) is 0.862. The molecule has 9 heteroatoms. The first kappa shape index (κ1) is 21.0. The van der Waals surface area contributed by atoms with Gasteiger partial charge in [0.15, 0.2) is 11.5 Å². The molecule has 4 aromatic rings. The van der Waals surface area contributed by atoms with Crippen LogP contribution in [0.1, 0.15) is 28.4 Å². The Morgan fingerprint density at radius 3 is 2.48 bits per heavy atom. The number of nitrogens with zero attached hydrogens (tertiary/aromatic N) is 7. The minimum Gasteiger partial charge on any atom is -0.336 e. The fourth-order valence-electron chi connectivity index (χ4n) is 3.95. The van der Waals surface area contributed by atoms with Crippen LogP contribution in [0.5, 0.6) is 0 Å². The van der Waals surface area contributed by atoms with E-state index in [1.54, 1.807) is 0 Å². The van der Waals surface area contributed by atoms with Crippen molar-refractivity contribution >= 4 is 5.91 Å². The summed E-state index contributed by atoms with van der Waals surface area (Å²) in [4.78, 5) is 23.4. The maximum absolute atomic E-state index is 13.2. The number of rotatable bonds is 5. The van der Waals surface area contributed by atoms with E-state index >= 15 is 0 Å². The third-order valence-corrected chi connectivity index (χ3v) is 5.70. The monoisotopic (exact) mass is 443 g/mol. The number of carbonyl (C=O) groups is 1. The van der Waals surface area contributed by atoms with E-state index in [1.807, 2.05) is 72.5 Å². The molecule has 0 bridgehead atoms. The number of benzene rings is 2. The Bertz CT molecular complexity index is 1220. The molecule has 0 atom stereocenters. The van der Waals surface area contributed by atoms with E-state index in [-0.39, 0.29) is 5.91 Å². The average molecular weight is 444 g/mol. The molecule has 2 aromatic carbocycles. The lowest BCUT2D eigenvalue weighted by Gasteiger charge is -2.20. The molecule has 0 unspecified atom stereocenters. The fourth-order valence-corrected chi connectivity index (χ4v) is 3.95. The molecule has 1 aliphatic heterocycles. The molecule has 168 valence electrons. The number of hydrogen-bond donors (Lipinski definition) is 0. The van der Waals surface area contributed by atoms with Crippen LogP contribution in [-0.2, 0) is 6.54 Å². The predicted octanol–water partition coefficient (Wildman–Crippen LogP) is 2.97. The number of para-hydroxylation sites is 1. The van der Waals surface area contributed by atoms with Gasteiger partial charge in [-0.05, 0) is 37.6 Å². The molecular formula is C24H25N7O2. The van der Waals surface area contributed by atoms with Crippen LogP contribution in [0.2, 0.25) is 0 Å². The van der Waals surface area contributed by atoms with E-state index in [0.29, 0.717) is 42.7 Å². The lowest BCUT2D eigenvalue weighted by Crippen LogP contribution is -2.35. The predicted molar refractivity (Wildman–Crippen MR) is 122 cm³/mol. The molecular weight excluding hydrogens is 418 g/mol. The van der Waals surface area contributed by atoms with Crippen LogP contribution in [0.25, 0.3) is 17.1 Å². The Kier molecular flexibility index (Phi) is 5.95. The van der Waals surface area contributed by atoms with Crippen LogP contribution in [0.3, 0.4) is 0 Å². The summed E-state index contributed by atoms with van der Waals surface area (Å²) in [5.74, 6) is 1.09. The summed E-state index contributed by atoms with van der Waals surface area (Å²) < 4.78 is 5.42. The molecule has 1 fully saturated rings. The van der Waals surface area contributed by atoms with E-state index in [1.165, 1.54) is 4.80 Å². The standard InChI is InChI=1S/C24H25N7O2/c1-18-22(27-31(26-18)20-11-6-3-7-12-20)24(32)30-14-8-13-29(15-16-30)17-21-25-23(33-28-21)19-9-4-2-5-10-19/h2-7,9-12H,8,13-17H2,1H3. The summed E-state index contributed by atoms with van der Waals surface area (Å²) in [7, 11) is 0. The normalized spacial score (nSPS) is 14.9. The topological polar surface area (TPSA) is 93.2 Å². The second-order valence-corrected chi connectivity index (χ2v) is 8.06. The molecule has 1 aliphatic rings. The molecule has 1 amide bonds. The van der Waals surface area contributed by atoms with Gasteiger partial charge in [-0.25, -0.2) is 0 Å². The Morgan fingerprint density at radius 2 is 1.70 bits per heavy atom. The summed E-state index contributed by atoms with van der Waals surface area (Å²) in [5.41, 5.74) is 2.77. The minimum absolute atomic E-state index is 0.0811. The van der Waals surface area contributed by atoms with E-state index in [4.69, 9.17) is 4.52 Å². The van der Waals surface area contributed by atoms with Crippen LogP contribution in [-0.4, -0.2) is 67.0 Å². The van der Waals surface area contributed by atoms with E-state index < -0.39 is 0 Å². The quantitative estimate of drug-likeness (QED) is 0.468. The molecule has 2 aromatic heterocycles. The molecule has 0 aliphatic carbocycles. The number of amides is 1. The van der Waals surface area contributed by atoms with Crippen LogP contribution < -0.4 is 0 Å². The van der Waals surface area contributed by atoms with E-state index in [2.05, 4.69) is 25.2 Å². The van der Waals surface area contributed by atoms with Crippen LogP contribution in [0, 0.1) is 6.92 Å². The van der Waals surface area contributed by atoms with Crippen molar-refractivity contribution in [2.24, 2.45) is 0 Å². The highest BCUT2D eigenvalue weighted by Gasteiger charge is 2.25. The Hall–Kier alpha value is -3.85. The third-order valence-electron chi connectivity index (χ3n) is 5.70. The third kappa shape index (κ3) is 4.68. The number of carbonyl (C=O) groups excluding carboxylic acids is 1. The molecule has 33 heavy (non-hydrogen) atoms. The van der Waals surface area contributed by atoms with Gasteiger partial charge in [-0.2, -0.15) is 14.9 Å². The largest absolute Gasteiger partial charge is 0.336 e. The smallest absolute Gasteiger partial charge is 0.276 e. The molecule has 0 radical (unpaired) electrons. The van der Waals surface area contributed by atoms with Gasteiger partial charge in [0.05, 0.1) is 17.9 Å². The van der Waals surface area contributed by atoms with Gasteiger partial charge in [0.2, 0.25) is 0 Å². The summed E-state index contributed by atoms with van der Waals surface area (Å²) >= 11 is 0. The highest BCUT2D eigenvalue weighted by Crippen LogP contribution is 2.18. The molecule has 0 saturated carbocycles. The van der Waals surface area contributed by atoms with Crippen molar-refractivity contribution in [3.05, 3.63) is 77.9 Å². The zero-order valence-electron chi connectivity index (χ0n) is 18.5. The summed E-state index contributed by atoms with van der Waals surface area (Å²) in [6.45, 7) is 5.28. The number of hydrogen-bond acceptors (Lipinski definition) is 7. The van der Waals surface area contributed by atoms with Crippen LogP contribution in [0.15, 0.2) is 65.2 Å². The van der Waals surface area contributed by atoms with Crippen molar-refractivity contribution in [3.8, 4) is 17.1 Å². The van der Waals surface area contributed by atoms with Crippen molar-refractivity contribution in [3.63, 3.8) is 0 Å². The first-order chi connectivity index (χ1) is 16.2. The molecule has 0 N–H and O–H groups in total. The molecule has 5 rings (SSSR count). The Labute approximate surface area is 191 Å². The second-order valence-electron chi connectivity index (χ2n) is 8.06. The van der Waals surface area contributed by atoms with Crippen molar-refractivity contribution in [2.75, 3.05) is 26.2 Å². The molecule has 3 heterocycles. The number of aromatic nitrogens is 5. The lowest BCUT2D eigenvalue weighted by molar-refractivity contribution is 0.0754. The van der Waals surface area contributed by atoms with E-state index in [9.17, 15) is 4.79 Å². The van der Waals surface area contributed by atoms with Gasteiger partial charge in [-0.3, -0.25) is 9.69 Å². The van der Waals surface area contributed by atoms with Crippen molar-refractivity contribution in [2.45, 2.75) is 19.9 Å².